The summed E-state index contributed by atoms with van der Waals surface area (Å²) < 4.78 is 50.2. The van der Waals surface area contributed by atoms with E-state index in [1.165, 1.54) is 28.8 Å². The van der Waals surface area contributed by atoms with Gasteiger partial charge in [-0.2, -0.15) is 9.50 Å². The number of nitrogens with zero attached hydrogens (tertiary/aromatic N) is 6. The second kappa shape index (κ2) is 11.1. The molecule has 2 aromatic carbocycles. The number of hydrogen-bond donors (Lipinski definition) is 2. The summed E-state index contributed by atoms with van der Waals surface area (Å²) in [5.74, 6) is 0.0836. The van der Waals surface area contributed by atoms with Crippen molar-refractivity contribution in [3.63, 3.8) is 0 Å². The van der Waals surface area contributed by atoms with Gasteiger partial charge >= 0.3 is 6.36 Å². The highest BCUT2D eigenvalue weighted by Gasteiger charge is 2.31. The van der Waals surface area contributed by atoms with Crippen LogP contribution in [-0.2, 0) is 4.79 Å². The third-order valence-electron chi connectivity index (χ3n) is 5.05. The van der Waals surface area contributed by atoms with E-state index < -0.39 is 12.3 Å². The van der Waals surface area contributed by atoms with Crippen molar-refractivity contribution in [3.05, 3.63) is 72.9 Å². The number of methoxy groups -OCH3 is 1. The molecule has 0 unspecified atom stereocenters. The Labute approximate surface area is 219 Å². The molecule has 5 rings (SSSR count). The Hall–Kier alpha value is -5.14. The Kier molecular flexibility index (Phi) is 7.65. The van der Waals surface area contributed by atoms with E-state index in [9.17, 15) is 13.2 Å². The van der Waals surface area contributed by atoms with Gasteiger partial charge in [-0.25, -0.2) is 9.97 Å². The van der Waals surface area contributed by atoms with Crippen LogP contribution in [0.4, 0.5) is 24.8 Å². The predicted octanol–water partition coefficient (Wildman–Crippen LogP) is 5.03. The summed E-state index contributed by atoms with van der Waals surface area (Å²) in [5.41, 5.74) is 3.61. The SMILES string of the molecule is CC(=O)O.COc1cc(Nc2nc3nccc(-c4ccc(OC(F)(F)F)cc4)n3n2)ccc1-n1cnc(C)c1. The number of aliphatic carboxylic acids is 1. The number of benzene rings is 2. The van der Waals surface area contributed by atoms with E-state index in [1.54, 1.807) is 25.7 Å². The first kappa shape index (κ1) is 26.9. The van der Waals surface area contributed by atoms with E-state index in [4.69, 9.17) is 14.6 Å². The molecule has 0 aliphatic carbocycles. The van der Waals surface area contributed by atoms with Crippen LogP contribution in [0.25, 0.3) is 22.7 Å². The second-order valence-corrected chi connectivity index (χ2v) is 8.00. The Bertz CT molecular complexity index is 1590. The number of imidazole rings is 1. The molecule has 0 bridgehead atoms. The number of anilines is 2. The van der Waals surface area contributed by atoms with Crippen molar-refractivity contribution in [1.82, 2.24) is 29.1 Å². The van der Waals surface area contributed by atoms with Gasteiger partial charge in [-0.05, 0) is 49.4 Å². The lowest BCUT2D eigenvalue weighted by Crippen LogP contribution is -2.16. The Morgan fingerprint density at radius 3 is 2.41 bits per heavy atom. The third kappa shape index (κ3) is 6.80. The van der Waals surface area contributed by atoms with Gasteiger partial charge in [0.15, 0.2) is 0 Å². The maximum Gasteiger partial charge on any atom is 0.573 e. The van der Waals surface area contributed by atoms with Crippen LogP contribution >= 0.6 is 0 Å². The van der Waals surface area contributed by atoms with E-state index in [1.807, 2.05) is 35.9 Å². The molecule has 0 spiro atoms. The second-order valence-electron chi connectivity index (χ2n) is 8.00. The molecule has 0 saturated carbocycles. The number of rotatable bonds is 6. The third-order valence-corrected chi connectivity index (χ3v) is 5.05. The van der Waals surface area contributed by atoms with Crippen molar-refractivity contribution in [2.24, 2.45) is 0 Å². The minimum absolute atomic E-state index is 0.287. The van der Waals surface area contributed by atoms with Crippen LogP contribution in [0, 0.1) is 6.92 Å². The predicted molar refractivity (Wildman–Crippen MR) is 134 cm³/mol. The van der Waals surface area contributed by atoms with Crippen molar-refractivity contribution < 1.29 is 32.5 Å². The quantitative estimate of drug-likeness (QED) is 0.304. The Morgan fingerprint density at radius 2 is 1.79 bits per heavy atom. The topological polar surface area (TPSA) is 129 Å². The lowest BCUT2D eigenvalue weighted by atomic mass is 10.1. The van der Waals surface area contributed by atoms with Gasteiger partial charge in [0.2, 0.25) is 5.95 Å². The van der Waals surface area contributed by atoms with Crippen molar-refractivity contribution in [2.45, 2.75) is 20.2 Å². The molecular weight excluding hydrogens is 519 g/mol. The zero-order valence-corrected chi connectivity index (χ0v) is 20.8. The molecule has 39 heavy (non-hydrogen) atoms. The van der Waals surface area contributed by atoms with Crippen LogP contribution < -0.4 is 14.8 Å². The maximum atomic E-state index is 12.4. The monoisotopic (exact) mass is 541 g/mol. The van der Waals surface area contributed by atoms with E-state index in [-0.39, 0.29) is 11.7 Å². The van der Waals surface area contributed by atoms with Crippen LogP contribution in [0.3, 0.4) is 0 Å². The van der Waals surface area contributed by atoms with Gasteiger partial charge < -0.3 is 24.5 Å². The highest BCUT2D eigenvalue weighted by atomic mass is 19.4. The number of fused-ring (bicyclic) bond motifs is 1. The van der Waals surface area contributed by atoms with Gasteiger partial charge in [-0.15, -0.1) is 18.3 Å². The molecule has 0 atom stereocenters. The van der Waals surface area contributed by atoms with E-state index in [0.29, 0.717) is 28.5 Å². The number of carbonyl (C=O) groups is 1. The van der Waals surface area contributed by atoms with Gasteiger partial charge in [-0.3, -0.25) is 4.79 Å². The van der Waals surface area contributed by atoms with Gasteiger partial charge in [0.05, 0.1) is 30.5 Å². The van der Waals surface area contributed by atoms with Crippen LogP contribution in [0.5, 0.6) is 11.5 Å². The fourth-order valence-electron chi connectivity index (χ4n) is 3.54. The number of nitrogens with one attached hydrogen (secondary N) is 1. The van der Waals surface area contributed by atoms with Gasteiger partial charge in [0.25, 0.3) is 11.7 Å². The summed E-state index contributed by atoms with van der Waals surface area (Å²) in [4.78, 5) is 21.9. The molecule has 0 aliphatic rings. The van der Waals surface area contributed by atoms with Gasteiger partial charge in [-0.1, -0.05) is 0 Å². The number of aryl methyl sites for hydroxylation is 1. The molecule has 0 aliphatic heterocycles. The number of halogens is 3. The van der Waals surface area contributed by atoms with E-state index in [2.05, 4.69) is 30.1 Å². The molecule has 14 heteroatoms. The summed E-state index contributed by atoms with van der Waals surface area (Å²) in [5, 5.41) is 15.0. The van der Waals surface area contributed by atoms with E-state index in [0.717, 1.165) is 18.3 Å². The van der Waals surface area contributed by atoms with Gasteiger partial charge in [0, 0.05) is 36.6 Å². The van der Waals surface area contributed by atoms with E-state index >= 15 is 0 Å². The van der Waals surface area contributed by atoms with Crippen LogP contribution in [0.1, 0.15) is 12.6 Å². The Morgan fingerprint density at radius 1 is 1.08 bits per heavy atom. The summed E-state index contributed by atoms with van der Waals surface area (Å²) in [6.07, 6.45) is 0.396. The summed E-state index contributed by atoms with van der Waals surface area (Å²) in [7, 11) is 1.58. The summed E-state index contributed by atoms with van der Waals surface area (Å²) in [6.45, 7) is 2.99. The smallest absolute Gasteiger partial charge is 0.494 e. The molecule has 0 amide bonds. The fraction of sp³-hybridized carbons (Fsp3) is 0.160. The molecule has 3 aromatic heterocycles. The van der Waals surface area contributed by atoms with Crippen molar-refractivity contribution in [2.75, 3.05) is 12.4 Å². The van der Waals surface area contributed by atoms with Crippen molar-refractivity contribution >= 4 is 23.4 Å². The first-order chi connectivity index (χ1) is 18.5. The van der Waals surface area contributed by atoms with Crippen LogP contribution in [0.15, 0.2) is 67.3 Å². The van der Waals surface area contributed by atoms with Crippen LogP contribution in [0.2, 0.25) is 0 Å². The average molecular weight is 541 g/mol. The zero-order valence-electron chi connectivity index (χ0n) is 20.8. The van der Waals surface area contributed by atoms with Crippen molar-refractivity contribution in [3.8, 4) is 28.4 Å². The van der Waals surface area contributed by atoms with Crippen LogP contribution in [-0.4, -0.2) is 53.7 Å². The molecule has 0 fully saturated rings. The number of carboxylic acids is 1. The standard InChI is InChI=1S/C23H18F3N7O2.C2H4O2/c1-14-12-32(13-28-14)19-8-5-16(11-20(19)34-2)29-21-30-22-27-10-9-18(33(22)31-21)15-3-6-17(7-4-15)35-23(24,25)26;1-2(3)4/h3-13H,1-2H3,(H,29,31);1H3,(H,3,4). The number of hydrogen-bond acceptors (Lipinski definition) is 8. The number of alkyl halides is 3. The highest BCUT2D eigenvalue weighted by Crippen LogP contribution is 2.29. The first-order valence-corrected chi connectivity index (χ1v) is 11.3. The minimum atomic E-state index is -4.75. The molecule has 202 valence electrons. The molecule has 3 heterocycles. The highest BCUT2D eigenvalue weighted by molar-refractivity contribution is 5.65. The molecule has 2 N–H and O–H groups in total. The summed E-state index contributed by atoms with van der Waals surface area (Å²) in [6, 6.07) is 12.7. The Balaban J connectivity index is 0.000000826. The van der Waals surface area contributed by atoms with Gasteiger partial charge in [0.1, 0.15) is 11.5 Å². The molecule has 0 saturated heterocycles. The number of aromatic nitrogens is 6. The lowest BCUT2D eigenvalue weighted by molar-refractivity contribution is -0.274. The molecular formula is C25H22F3N7O4. The molecule has 0 radical (unpaired) electrons. The average Bonchev–Trinajstić information content (AvgIpc) is 3.48. The fourth-order valence-corrected chi connectivity index (χ4v) is 3.54. The number of carboxylic acid groups (broad SMARTS) is 1. The lowest BCUT2D eigenvalue weighted by Gasteiger charge is -2.11. The molecule has 11 nitrogen and oxygen atoms in total. The normalized spacial score (nSPS) is 11.0. The largest absolute Gasteiger partial charge is 0.573 e. The zero-order chi connectivity index (χ0) is 28.2. The number of ether oxygens (including phenoxy) is 2. The maximum absolute atomic E-state index is 12.4. The first-order valence-electron chi connectivity index (χ1n) is 11.3. The summed E-state index contributed by atoms with van der Waals surface area (Å²) >= 11 is 0. The molecule has 5 aromatic rings. The minimum Gasteiger partial charge on any atom is -0.494 e. The van der Waals surface area contributed by atoms with Crippen molar-refractivity contribution in [1.29, 1.82) is 0 Å².